The van der Waals surface area contributed by atoms with Gasteiger partial charge in [0.2, 0.25) is 0 Å². The van der Waals surface area contributed by atoms with Gasteiger partial charge in [0.15, 0.2) is 0 Å². The van der Waals surface area contributed by atoms with Crippen molar-refractivity contribution in [2.24, 2.45) is 0 Å². The summed E-state index contributed by atoms with van der Waals surface area (Å²) >= 11 is 0. The molecule has 0 aliphatic carbocycles. The van der Waals surface area contributed by atoms with Crippen LogP contribution in [0.3, 0.4) is 0 Å². The normalized spacial score (nSPS) is 11.9. The first-order valence-electron chi connectivity index (χ1n) is 11.9. The topological polar surface area (TPSA) is 95.5 Å². The minimum atomic E-state index is -4.44. The molecule has 6 nitrogen and oxygen atoms in total. The Kier molecular flexibility index (Phi) is 8.10. The zero-order valence-electron chi connectivity index (χ0n) is 20.4. The van der Waals surface area contributed by atoms with Crippen LogP contribution >= 0.6 is 0 Å². The molecule has 4 rings (SSSR count). The molecular weight excluding hydrogens is 509 g/mol. The average Bonchev–Trinajstić information content (AvgIpc) is 2.93. The Balaban J connectivity index is 1.42. The molecule has 3 N–H and O–H groups in total. The van der Waals surface area contributed by atoms with E-state index in [-0.39, 0.29) is 5.56 Å². The van der Waals surface area contributed by atoms with Gasteiger partial charge in [-0.05, 0) is 58.7 Å². The van der Waals surface area contributed by atoms with Gasteiger partial charge in [-0.1, -0.05) is 66.7 Å². The number of hydrogen-bond acceptors (Lipinski definition) is 3. The van der Waals surface area contributed by atoms with Crippen LogP contribution in [-0.4, -0.2) is 29.1 Å². The fraction of sp³-hybridized carbons (Fsp3) is 0.100. The van der Waals surface area contributed by atoms with E-state index in [0.29, 0.717) is 16.7 Å². The Morgan fingerprint density at radius 2 is 1.00 bits per heavy atom. The lowest BCUT2D eigenvalue weighted by atomic mass is 10.0. The first kappa shape index (κ1) is 27.1. The highest BCUT2D eigenvalue weighted by Crippen LogP contribution is 2.31. The molecule has 0 radical (unpaired) electrons. The molecule has 0 aliphatic heterocycles. The highest BCUT2D eigenvalue weighted by atomic mass is 19.4. The number of amides is 2. The fourth-order valence-corrected chi connectivity index (χ4v) is 3.91. The fourth-order valence-electron chi connectivity index (χ4n) is 3.91. The van der Waals surface area contributed by atoms with Crippen LogP contribution in [0.4, 0.5) is 13.2 Å². The Labute approximate surface area is 222 Å². The molecule has 0 bridgehead atoms. The van der Waals surface area contributed by atoms with Crippen LogP contribution < -0.4 is 10.6 Å². The van der Waals surface area contributed by atoms with Crippen LogP contribution in [0.2, 0.25) is 0 Å². The summed E-state index contributed by atoms with van der Waals surface area (Å²) in [7, 11) is 0. The molecule has 39 heavy (non-hydrogen) atoms. The molecule has 1 atom stereocenters. The first-order chi connectivity index (χ1) is 18.6. The third kappa shape index (κ3) is 7.10. The molecule has 0 aromatic heterocycles. The summed E-state index contributed by atoms with van der Waals surface area (Å²) in [6, 6.07) is 27.0. The largest absolute Gasteiger partial charge is 0.481 e. The second-order valence-electron chi connectivity index (χ2n) is 8.69. The van der Waals surface area contributed by atoms with Gasteiger partial charge in [-0.2, -0.15) is 13.2 Å². The first-order valence-corrected chi connectivity index (χ1v) is 11.9. The van der Waals surface area contributed by atoms with Gasteiger partial charge < -0.3 is 15.7 Å². The number of alkyl halides is 3. The molecule has 0 heterocycles. The minimum absolute atomic E-state index is 0.183. The van der Waals surface area contributed by atoms with E-state index in [0.717, 1.165) is 23.3 Å². The van der Waals surface area contributed by atoms with Crippen molar-refractivity contribution in [3.63, 3.8) is 0 Å². The number of rotatable bonds is 8. The van der Waals surface area contributed by atoms with Crippen molar-refractivity contribution in [3.8, 4) is 22.3 Å². The van der Waals surface area contributed by atoms with Gasteiger partial charge in [0.1, 0.15) is 6.17 Å². The number of nitrogens with one attached hydrogen (secondary N) is 2. The van der Waals surface area contributed by atoms with Crippen molar-refractivity contribution in [3.05, 3.63) is 120 Å². The van der Waals surface area contributed by atoms with Crippen LogP contribution in [0.1, 0.15) is 32.7 Å². The number of hydrogen-bond donors (Lipinski definition) is 3. The lowest BCUT2D eigenvalue weighted by Gasteiger charge is -2.19. The number of carboxylic acid groups (broad SMARTS) is 1. The number of carbonyl (C=O) groups is 3. The van der Waals surface area contributed by atoms with Crippen molar-refractivity contribution in [1.82, 2.24) is 10.6 Å². The number of aliphatic carboxylic acids is 1. The maximum Gasteiger partial charge on any atom is 0.416 e. The SMILES string of the molecule is O=C(O)CC(NC(=O)c1ccc(-c2ccccc2)cc1)NC(=O)c1ccc(-c2ccc(C(F)(F)F)cc2)cc1. The maximum absolute atomic E-state index is 12.8. The standard InChI is InChI=1S/C30H23F3N2O4/c31-30(32,33)25-16-14-22(15-17-25)21-8-12-24(13-9-21)29(39)35-26(18-27(36)37)34-28(38)23-10-6-20(7-11-23)19-4-2-1-3-5-19/h1-17,26H,18H2,(H,34,38)(H,35,39)(H,36,37). The molecule has 4 aromatic carbocycles. The molecule has 0 aliphatic rings. The summed E-state index contributed by atoms with van der Waals surface area (Å²) in [6.07, 6.45) is -6.18. The zero-order chi connectivity index (χ0) is 28.0. The number of halogens is 3. The lowest BCUT2D eigenvalue weighted by Crippen LogP contribution is -2.49. The Morgan fingerprint density at radius 1 is 0.615 bits per heavy atom. The monoisotopic (exact) mass is 532 g/mol. The van der Waals surface area contributed by atoms with Crippen molar-refractivity contribution in [2.45, 2.75) is 18.8 Å². The van der Waals surface area contributed by atoms with Gasteiger partial charge in [-0.15, -0.1) is 0 Å². The molecular formula is C30H23F3N2O4. The van der Waals surface area contributed by atoms with Gasteiger partial charge in [0, 0.05) is 11.1 Å². The van der Waals surface area contributed by atoms with E-state index < -0.39 is 42.1 Å². The van der Waals surface area contributed by atoms with Gasteiger partial charge in [0.25, 0.3) is 11.8 Å². The summed E-state index contributed by atoms with van der Waals surface area (Å²) in [5, 5.41) is 14.3. The summed E-state index contributed by atoms with van der Waals surface area (Å²) in [6.45, 7) is 0. The minimum Gasteiger partial charge on any atom is -0.481 e. The van der Waals surface area contributed by atoms with E-state index >= 15 is 0 Å². The smallest absolute Gasteiger partial charge is 0.416 e. The average molecular weight is 533 g/mol. The number of carboxylic acids is 1. The van der Waals surface area contributed by atoms with Crippen molar-refractivity contribution in [2.75, 3.05) is 0 Å². The molecule has 0 saturated carbocycles. The molecule has 1 unspecified atom stereocenters. The quantitative estimate of drug-likeness (QED) is 0.243. The summed E-state index contributed by atoms with van der Waals surface area (Å²) < 4.78 is 38.4. The van der Waals surface area contributed by atoms with Gasteiger partial charge in [-0.25, -0.2) is 0 Å². The molecule has 9 heteroatoms. The predicted molar refractivity (Wildman–Crippen MR) is 140 cm³/mol. The van der Waals surface area contributed by atoms with E-state index in [2.05, 4.69) is 10.6 Å². The highest BCUT2D eigenvalue weighted by molar-refractivity contribution is 5.97. The van der Waals surface area contributed by atoms with Gasteiger partial charge in [0.05, 0.1) is 12.0 Å². The lowest BCUT2D eigenvalue weighted by molar-refractivity contribution is -0.138. The number of carbonyl (C=O) groups excluding carboxylic acids is 2. The van der Waals surface area contributed by atoms with Crippen LogP contribution in [0.25, 0.3) is 22.3 Å². The molecule has 0 spiro atoms. The highest BCUT2D eigenvalue weighted by Gasteiger charge is 2.30. The second-order valence-corrected chi connectivity index (χ2v) is 8.69. The third-order valence-corrected chi connectivity index (χ3v) is 5.94. The second kappa shape index (κ2) is 11.6. The summed E-state index contributed by atoms with van der Waals surface area (Å²) in [5.74, 6) is -2.41. The molecule has 0 saturated heterocycles. The number of benzene rings is 4. The van der Waals surface area contributed by atoms with E-state index in [4.69, 9.17) is 0 Å². The van der Waals surface area contributed by atoms with Crippen molar-refractivity contribution >= 4 is 17.8 Å². The molecule has 4 aromatic rings. The summed E-state index contributed by atoms with van der Waals surface area (Å²) in [4.78, 5) is 36.9. The van der Waals surface area contributed by atoms with Crippen LogP contribution in [-0.2, 0) is 11.0 Å². The third-order valence-electron chi connectivity index (χ3n) is 5.94. The van der Waals surface area contributed by atoms with E-state index in [1.165, 1.54) is 24.3 Å². The Hall–Kier alpha value is -4.92. The van der Waals surface area contributed by atoms with Crippen molar-refractivity contribution in [1.29, 1.82) is 0 Å². The van der Waals surface area contributed by atoms with Gasteiger partial charge >= 0.3 is 12.1 Å². The maximum atomic E-state index is 12.8. The molecule has 198 valence electrons. The predicted octanol–water partition coefficient (Wildman–Crippen LogP) is 6.00. The Bertz CT molecular complexity index is 1450. The molecule has 0 fully saturated rings. The van der Waals surface area contributed by atoms with Crippen LogP contribution in [0, 0.1) is 0 Å². The van der Waals surface area contributed by atoms with E-state index in [9.17, 15) is 32.7 Å². The zero-order valence-corrected chi connectivity index (χ0v) is 20.4. The summed E-state index contributed by atoms with van der Waals surface area (Å²) in [5.41, 5.74) is 2.72. The van der Waals surface area contributed by atoms with Crippen LogP contribution in [0.15, 0.2) is 103 Å². The van der Waals surface area contributed by atoms with E-state index in [1.807, 2.05) is 30.3 Å². The van der Waals surface area contributed by atoms with E-state index in [1.54, 1.807) is 36.4 Å². The van der Waals surface area contributed by atoms with Crippen molar-refractivity contribution < 1.29 is 32.7 Å². The Morgan fingerprint density at radius 3 is 1.38 bits per heavy atom. The van der Waals surface area contributed by atoms with Gasteiger partial charge in [-0.3, -0.25) is 14.4 Å². The van der Waals surface area contributed by atoms with Crippen LogP contribution in [0.5, 0.6) is 0 Å². The molecule has 2 amide bonds.